The zero-order valence-corrected chi connectivity index (χ0v) is 11.2. The number of hydrogen-bond acceptors (Lipinski definition) is 4. The molecule has 3 amide bonds. The zero-order valence-electron chi connectivity index (χ0n) is 9.62. The lowest BCUT2D eigenvalue weighted by molar-refractivity contribution is -0.123. The van der Waals surface area contributed by atoms with Crippen LogP contribution in [0.4, 0.5) is 4.79 Å². The van der Waals surface area contributed by atoms with E-state index >= 15 is 0 Å². The van der Waals surface area contributed by atoms with E-state index in [1.807, 2.05) is 0 Å². The van der Waals surface area contributed by atoms with Gasteiger partial charge >= 0.3 is 6.03 Å². The number of hydrogen-bond donors (Lipinski definition) is 3. The van der Waals surface area contributed by atoms with E-state index < -0.39 is 17.5 Å². The van der Waals surface area contributed by atoms with Crippen LogP contribution in [0, 0.1) is 0 Å². The van der Waals surface area contributed by atoms with E-state index in [1.54, 1.807) is 25.3 Å². The highest BCUT2D eigenvalue weighted by molar-refractivity contribution is 9.10. The number of nitrogens with one attached hydrogen (secondary N) is 2. The standard InChI is InChI=1S/C11H12BrN3O3/c1-18-8-3-2-6(4-7(8)12)11(5-13)9(16)14-10(17)15-11/h2-4H,5,13H2,1H3,(H2,14,15,16,17). The highest BCUT2D eigenvalue weighted by Gasteiger charge is 2.46. The molecular formula is C11H12BrN3O3. The Morgan fingerprint density at radius 2 is 2.17 bits per heavy atom. The molecule has 18 heavy (non-hydrogen) atoms. The van der Waals surface area contributed by atoms with Crippen LogP contribution < -0.4 is 21.1 Å². The molecule has 96 valence electrons. The largest absolute Gasteiger partial charge is 0.496 e. The molecule has 1 aliphatic heterocycles. The molecule has 0 aromatic heterocycles. The lowest BCUT2D eigenvalue weighted by Crippen LogP contribution is -2.49. The van der Waals surface area contributed by atoms with Gasteiger partial charge in [0.25, 0.3) is 5.91 Å². The number of halogens is 1. The van der Waals surface area contributed by atoms with E-state index in [1.165, 1.54) is 0 Å². The maximum absolute atomic E-state index is 11.9. The summed E-state index contributed by atoms with van der Waals surface area (Å²) in [6, 6.07) is 4.56. The number of rotatable bonds is 3. The smallest absolute Gasteiger partial charge is 0.322 e. The maximum atomic E-state index is 11.9. The monoisotopic (exact) mass is 313 g/mol. The Hall–Kier alpha value is -1.60. The third-order valence-corrected chi connectivity index (χ3v) is 3.51. The Balaban J connectivity index is 2.48. The van der Waals surface area contributed by atoms with Gasteiger partial charge in [0.2, 0.25) is 0 Å². The van der Waals surface area contributed by atoms with Crippen molar-refractivity contribution >= 4 is 27.9 Å². The first-order chi connectivity index (χ1) is 8.53. The molecule has 1 fully saturated rings. The summed E-state index contributed by atoms with van der Waals surface area (Å²) in [7, 11) is 1.54. The number of benzene rings is 1. The predicted octanol–water partition coefficient (Wildman–Crippen LogP) is 0.451. The van der Waals surface area contributed by atoms with E-state index in [9.17, 15) is 9.59 Å². The lowest BCUT2D eigenvalue weighted by Gasteiger charge is -2.25. The van der Waals surface area contributed by atoms with E-state index in [0.717, 1.165) is 0 Å². The molecule has 7 heteroatoms. The van der Waals surface area contributed by atoms with Crippen molar-refractivity contribution in [2.45, 2.75) is 5.54 Å². The predicted molar refractivity (Wildman–Crippen MR) is 68.1 cm³/mol. The van der Waals surface area contributed by atoms with Crippen molar-refractivity contribution in [3.05, 3.63) is 28.2 Å². The molecule has 6 nitrogen and oxygen atoms in total. The van der Waals surface area contributed by atoms with Gasteiger partial charge in [-0.1, -0.05) is 6.07 Å². The van der Waals surface area contributed by atoms with Crippen molar-refractivity contribution < 1.29 is 14.3 Å². The summed E-state index contributed by atoms with van der Waals surface area (Å²) in [5, 5.41) is 4.75. The molecule has 0 aliphatic carbocycles. The Morgan fingerprint density at radius 3 is 2.61 bits per heavy atom. The molecule has 0 radical (unpaired) electrons. The van der Waals surface area contributed by atoms with Crippen LogP contribution in [0.3, 0.4) is 0 Å². The van der Waals surface area contributed by atoms with Gasteiger partial charge in [-0.2, -0.15) is 0 Å². The van der Waals surface area contributed by atoms with Crippen LogP contribution in [0.5, 0.6) is 5.75 Å². The van der Waals surface area contributed by atoms with Crippen LogP contribution in [0.15, 0.2) is 22.7 Å². The summed E-state index contributed by atoms with van der Waals surface area (Å²) in [4.78, 5) is 23.2. The molecule has 4 N–H and O–H groups in total. The molecule has 0 bridgehead atoms. The van der Waals surface area contributed by atoms with Gasteiger partial charge in [0.05, 0.1) is 11.6 Å². The van der Waals surface area contributed by atoms with Crippen molar-refractivity contribution in [2.75, 3.05) is 13.7 Å². The molecule has 1 heterocycles. The van der Waals surface area contributed by atoms with Gasteiger partial charge in [0, 0.05) is 6.54 Å². The Kier molecular flexibility index (Phi) is 3.27. The summed E-state index contributed by atoms with van der Waals surface area (Å²) < 4.78 is 5.80. The number of carbonyl (C=O) groups excluding carboxylic acids is 2. The third kappa shape index (κ3) is 1.85. The van der Waals surface area contributed by atoms with E-state index in [4.69, 9.17) is 10.5 Å². The Morgan fingerprint density at radius 1 is 1.44 bits per heavy atom. The van der Waals surface area contributed by atoms with E-state index in [-0.39, 0.29) is 6.54 Å². The zero-order chi connectivity index (χ0) is 13.3. The van der Waals surface area contributed by atoms with Crippen LogP contribution >= 0.6 is 15.9 Å². The first-order valence-electron chi connectivity index (χ1n) is 5.21. The fourth-order valence-electron chi connectivity index (χ4n) is 1.89. The first-order valence-corrected chi connectivity index (χ1v) is 6.00. The van der Waals surface area contributed by atoms with Crippen LogP contribution in [0.2, 0.25) is 0 Å². The van der Waals surface area contributed by atoms with Gasteiger partial charge < -0.3 is 15.8 Å². The van der Waals surface area contributed by atoms with E-state index in [0.29, 0.717) is 15.8 Å². The fraction of sp³-hybridized carbons (Fsp3) is 0.273. The minimum Gasteiger partial charge on any atom is -0.496 e. The van der Waals surface area contributed by atoms with Crippen molar-refractivity contribution in [3.63, 3.8) is 0 Å². The quantitative estimate of drug-likeness (QED) is 0.706. The number of amides is 3. The fourth-order valence-corrected chi connectivity index (χ4v) is 2.43. The van der Waals surface area contributed by atoms with Crippen LogP contribution in [0.25, 0.3) is 0 Å². The number of carbonyl (C=O) groups is 2. The molecular weight excluding hydrogens is 302 g/mol. The number of ether oxygens (including phenoxy) is 1. The van der Waals surface area contributed by atoms with Gasteiger partial charge in [-0.3, -0.25) is 10.1 Å². The Bertz CT molecular complexity index is 520. The molecule has 2 rings (SSSR count). The van der Waals surface area contributed by atoms with Gasteiger partial charge in [0.1, 0.15) is 5.75 Å². The summed E-state index contributed by atoms with van der Waals surface area (Å²) in [5.41, 5.74) is 5.03. The second kappa shape index (κ2) is 4.58. The number of nitrogens with two attached hydrogens (primary N) is 1. The normalized spacial score (nSPS) is 22.6. The van der Waals surface area contributed by atoms with Crippen LogP contribution in [-0.4, -0.2) is 25.6 Å². The molecule has 1 aromatic carbocycles. The van der Waals surface area contributed by atoms with Gasteiger partial charge in [-0.05, 0) is 33.6 Å². The first kappa shape index (κ1) is 12.8. The third-order valence-electron chi connectivity index (χ3n) is 2.89. The van der Waals surface area contributed by atoms with Crippen molar-refractivity contribution in [1.82, 2.24) is 10.6 Å². The Labute approximate surface area is 112 Å². The van der Waals surface area contributed by atoms with Crippen molar-refractivity contribution in [1.29, 1.82) is 0 Å². The lowest BCUT2D eigenvalue weighted by atomic mass is 9.90. The summed E-state index contributed by atoms with van der Waals surface area (Å²) in [5.74, 6) is 0.183. The second-order valence-electron chi connectivity index (χ2n) is 3.87. The van der Waals surface area contributed by atoms with Crippen molar-refractivity contribution in [3.8, 4) is 5.75 Å². The van der Waals surface area contributed by atoms with E-state index in [2.05, 4.69) is 26.6 Å². The average molecular weight is 314 g/mol. The number of methoxy groups -OCH3 is 1. The molecule has 0 spiro atoms. The SMILES string of the molecule is COc1ccc(C2(CN)NC(=O)NC2=O)cc1Br. The topological polar surface area (TPSA) is 93.4 Å². The van der Waals surface area contributed by atoms with Gasteiger partial charge in [0.15, 0.2) is 5.54 Å². The minimum atomic E-state index is -1.22. The minimum absolute atomic E-state index is 0.0245. The molecule has 0 saturated carbocycles. The highest BCUT2D eigenvalue weighted by Crippen LogP contribution is 2.31. The molecule has 1 saturated heterocycles. The number of imide groups is 1. The number of urea groups is 1. The average Bonchev–Trinajstić information content (AvgIpc) is 2.64. The summed E-state index contributed by atoms with van der Waals surface area (Å²) in [6.07, 6.45) is 0. The van der Waals surface area contributed by atoms with Gasteiger partial charge in [-0.15, -0.1) is 0 Å². The van der Waals surface area contributed by atoms with Crippen LogP contribution in [-0.2, 0) is 10.3 Å². The second-order valence-corrected chi connectivity index (χ2v) is 4.72. The maximum Gasteiger partial charge on any atom is 0.322 e. The molecule has 1 atom stereocenters. The highest BCUT2D eigenvalue weighted by atomic mass is 79.9. The molecule has 1 aromatic rings. The molecule has 1 unspecified atom stereocenters. The van der Waals surface area contributed by atoms with Crippen molar-refractivity contribution in [2.24, 2.45) is 5.73 Å². The summed E-state index contributed by atoms with van der Waals surface area (Å²) in [6.45, 7) is -0.0245. The van der Waals surface area contributed by atoms with Gasteiger partial charge in [-0.25, -0.2) is 4.79 Å². The summed E-state index contributed by atoms with van der Waals surface area (Å²) >= 11 is 3.33. The van der Waals surface area contributed by atoms with Crippen LogP contribution in [0.1, 0.15) is 5.56 Å². The molecule has 1 aliphatic rings.